The molecular formula is C13H24N2O2S. The molecule has 0 aromatic heterocycles. The Morgan fingerprint density at radius 2 is 2.00 bits per heavy atom. The van der Waals surface area contributed by atoms with Crippen molar-refractivity contribution in [1.82, 2.24) is 4.90 Å². The van der Waals surface area contributed by atoms with E-state index in [4.69, 9.17) is 22.7 Å². The minimum absolute atomic E-state index is 0.196. The SMILES string of the molecule is COCCN(CCC(N)=S)C(=O)C1CCCCC1. The molecule has 1 amide bonds. The standard InChI is InChI=1S/C13H24N2O2S/c1-17-10-9-15(8-7-12(14)18)13(16)11-5-3-2-4-6-11/h11H,2-10H2,1H3,(H2,14,18). The van der Waals surface area contributed by atoms with Crippen molar-refractivity contribution in [3.63, 3.8) is 0 Å². The van der Waals surface area contributed by atoms with E-state index in [1.165, 1.54) is 19.3 Å². The van der Waals surface area contributed by atoms with Crippen molar-refractivity contribution in [2.45, 2.75) is 38.5 Å². The number of nitrogens with two attached hydrogens (primary N) is 1. The number of methoxy groups -OCH3 is 1. The first-order chi connectivity index (χ1) is 8.65. The second-order valence-corrected chi connectivity index (χ2v) is 5.39. The highest BCUT2D eigenvalue weighted by Gasteiger charge is 2.25. The van der Waals surface area contributed by atoms with Gasteiger partial charge in [0.05, 0.1) is 11.6 Å². The van der Waals surface area contributed by atoms with Crippen LogP contribution in [-0.4, -0.2) is 42.6 Å². The molecule has 0 aromatic carbocycles. The van der Waals surface area contributed by atoms with Crippen LogP contribution >= 0.6 is 12.2 Å². The quantitative estimate of drug-likeness (QED) is 0.717. The molecule has 0 radical (unpaired) electrons. The van der Waals surface area contributed by atoms with Crippen LogP contribution in [0.2, 0.25) is 0 Å². The number of amides is 1. The Morgan fingerprint density at radius 1 is 1.33 bits per heavy atom. The molecule has 5 heteroatoms. The molecule has 104 valence electrons. The Labute approximate surface area is 115 Å². The molecule has 1 aliphatic carbocycles. The van der Waals surface area contributed by atoms with Crippen LogP contribution in [0.1, 0.15) is 38.5 Å². The summed E-state index contributed by atoms with van der Waals surface area (Å²) in [7, 11) is 1.65. The predicted octanol–water partition coefficient (Wildman–Crippen LogP) is 1.72. The normalized spacial score (nSPS) is 16.5. The molecule has 0 atom stereocenters. The molecule has 0 aliphatic heterocycles. The zero-order chi connectivity index (χ0) is 13.4. The molecule has 0 unspecified atom stereocenters. The fourth-order valence-corrected chi connectivity index (χ4v) is 2.48. The number of thiocarbonyl (C=S) groups is 1. The summed E-state index contributed by atoms with van der Waals surface area (Å²) in [6.45, 7) is 1.82. The molecule has 1 rings (SSSR count). The maximum atomic E-state index is 12.4. The van der Waals surface area contributed by atoms with Gasteiger partial charge in [-0.3, -0.25) is 4.79 Å². The van der Waals surface area contributed by atoms with Gasteiger partial charge in [-0.1, -0.05) is 31.5 Å². The van der Waals surface area contributed by atoms with Gasteiger partial charge in [-0.05, 0) is 12.8 Å². The van der Waals surface area contributed by atoms with E-state index in [1.54, 1.807) is 7.11 Å². The van der Waals surface area contributed by atoms with Crippen LogP contribution in [0.3, 0.4) is 0 Å². The van der Waals surface area contributed by atoms with Gasteiger partial charge in [0.25, 0.3) is 0 Å². The van der Waals surface area contributed by atoms with Gasteiger partial charge < -0.3 is 15.4 Å². The van der Waals surface area contributed by atoms with Crippen molar-refractivity contribution in [2.24, 2.45) is 11.7 Å². The van der Waals surface area contributed by atoms with Gasteiger partial charge >= 0.3 is 0 Å². The summed E-state index contributed by atoms with van der Waals surface area (Å²) in [6, 6.07) is 0. The molecular weight excluding hydrogens is 248 g/mol. The van der Waals surface area contributed by atoms with E-state index in [2.05, 4.69) is 0 Å². The molecule has 18 heavy (non-hydrogen) atoms. The average molecular weight is 272 g/mol. The number of ether oxygens (including phenoxy) is 1. The van der Waals surface area contributed by atoms with E-state index < -0.39 is 0 Å². The van der Waals surface area contributed by atoms with Crippen LogP contribution in [0.4, 0.5) is 0 Å². The maximum Gasteiger partial charge on any atom is 0.225 e. The third kappa shape index (κ3) is 5.31. The highest BCUT2D eigenvalue weighted by Crippen LogP contribution is 2.25. The molecule has 1 fully saturated rings. The van der Waals surface area contributed by atoms with E-state index in [0.717, 1.165) is 12.8 Å². The Bertz CT molecular complexity index is 278. The Hall–Kier alpha value is -0.680. The number of hydrogen-bond donors (Lipinski definition) is 1. The first-order valence-electron chi connectivity index (χ1n) is 6.71. The summed E-state index contributed by atoms with van der Waals surface area (Å²) in [5, 5.41) is 0. The summed E-state index contributed by atoms with van der Waals surface area (Å²) in [4.78, 5) is 14.7. The van der Waals surface area contributed by atoms with Crippen LogP contribution in [0.15, 0.2) is 0 Å². The average Bonchev–Trinajstić information content (AvgIpc) is 2.39. The van der Waals surface area contributed by atoms with E-state index in [-0.39, 0.29) is 11.8 Å². The Morgan fingerprint density at radius 3 is 2.56 bits per heavy atom. The van der Waals surface area contributed by atoms with Gasteiger partial charge in [0, 0.05) is 32.5 Å². The highest BCUT2D eigenvalue weighted by molar-refractivity contribution is 7.80. The van der Waals surface area contributed by atoms with Gasteiger partial charge in [-0.25, -0.2) is 0 Å². The summed E-state index contributed by atoms with van der Waals surface area (Å²) < 4.78 is 5.06. The van der Waals surface area contributed by atoms with Gasteiger partial charge in [-0.15, -0.1) is 0 Å². The molecule has 4 nitrogen and oxygen atoms in total. The van der Waals surface area contributed by atoms with Crippen LogP contribution in [0, 0.1) is 5.92 Å². The Balaban J connectivity index is 2.50. The summed E-state index contributed by atoms with van der Waals surface area (Å²) in [6.07, 6.45) is 6.24. The fourth-order valence-electron chi connectivity index (χ4n) is 2.39. The van der Waals surface area contributed by atoms with Crippen molar-refractivity contribution in [2.75, 3.05) is 26.8 Å². The van der Waals surface area contributed by atoms with Crippen LogP contribution in [0.25, 0.3) is 0 Å². The molecule has 0 bridgehead atoms. The number of carbonyl (C=O) groups is 1. The van der Waals surface area contributed by atoms with E-state index >= 15 is 0 Å². The number of rotatable bonds is 7. The maximum absolute atomic E-state index is 12.4. The summed E-state index contributed by atoms with van der Waals surface area (Å²) >= 11 is 4.88. The monoisotopic (exact) mass is 272 g/mol. The second kappa shape index (κ2) is 8.43. The fraction of sp³-hybridized carbons (Fsp3) is 0.846. The van der Waals surface area contributed by atoms with Crippen molar-refractivity contribution < 1.29 is 9.53 Å². The number of carbonyl (C=O) groups excluding carboxylic acids is 1. The number of nitrogens with zero attached hydrogens (tertiary/aromatic N) is 1. The van der Waals surface area contributed by atoms with E-state index in [1.807, 2.05) is 4.90 Å². The molecule has 0 aromatic rings. The highest BCUT2D eigenvalue weighted by atomic mass is 32.1. The lowest BCUT2D eigenvalue weighted by Crippen LogP contribution is -2.40. The van der Waals surface area contributed by atoms with Gasteiger partial charge in [-0.2, -0.15) is 0 Å². The zero-order valence-corrected chi connectivity index (χ0v) is 12.0. The molecule has 2 N–H and O–H groups in total. The van der Waals surface area contributed by atoms with Crippen molar-refractivity contribution >= 4 is 23.1 Å². The van der Waals surface area contributed by atoms with Gasteiger partial charge in [0.15, 0.2) is 0 Å². The van der Waals surface area contributed by atoms with Crippen molar-refractivity contribution in [1.29, 1.82) is 0 Å². The summed E-state index contributed by atoms with van der Waals surface area (Å²) in [5.74, 6) is 0.449. The minimum Gasteiger partial charge on any atom is -0.393 e. The third-order valence-electron chi connectivity index (χ3n) is 3.46. The van der Waals surface area contributed by atoms with E-state index in [0.29, 0.717) is 31.1 Å². The zero-order valence-electron chi connectivity index (χ0n) is 11.2. The van der Waals surface area contributed by atoms with Crippen LogP contribution < -0.4 is 5.73 Å². The first kappa shape index (κ1) is 15.4. The van der Waals surface area contributed by atoms with E-state index in [9.17, 15) is 4.79 Å². The second-order valence-electron chi connectivity index (χ2n) is 4.87. The van der Waals surface area contributed by atoms with Crippen LogP contribution in [-0.2, 0) is 9.53 Å². The Kier molecular flexibility index (Phi) is 7.20. The van der Waals surface area contributed by atoms with Gasteiger partial charge in [0.2, 0.25) is 5.91 Å². The van der Waals surface area contributed by atoms with Crippen molar-refractivity contribution in [3.05, 3.63) is 0 Å². The predicted molar refractivity (Wildman–Crippen MR) is 76.4 cm³/mol. The first-order valence-corrected chi connectivity index (χ1v) is 7.12. The molecule has 0 saturated heterocycles. The lowest BCUT2D eigenvalue weighted by Gasteiger charge is -2.29. The molecule has 0 spiro atoms. The lowest BCUT2D eigenvalue weighted by atomic mass is 9.88. The topological polar surface area (TPSA) is 55.6 Å². The minimum atomic E-state index is 0.196. The van der Waals surface area contributed by atoms with Gasteiger partial charge in [0.1, 0.15) is 0 Å². The molecule has 0 heterocycles. The van der Waals surface area contributed by atoms with Crippen molar-refractivity contribution in [3.8, 4) is 0 Å². The summed E-state index contributed by atoms with van der Waals surface area (Å²) in [5.41, 5.74) is 5.51. The third-order valence-corrected chi connectivity index (χ3v) is 3.66. The largest absolute Gasteiger partial charge is 0.393 e. The molecule has 1 aliphatic rings. The van der Waals surface area contributed by atoms with Crippen LogP contribution in [0.5, 0.6) is 0 Å². The lowest BCUT2D eigenvalue weighted by molar-refractivity contribution is -0.137. The number of hydrogen-bond acceptors (Lipinski definition) is 3. The molecule has 1 saturated carbocycles. The smallest absolute Gasteiger partial charge is 0.225 e.